The molecule has 1 saturated carbocycles. The van der Waals surface area contributed by atoms with E-state index in [1.807, 2.05) is 0 Å². The van der Waals surface area contributed by atoms with E-state index < -0.39 is 8.24 Å². The van der Waals surface area contributed by atoms with Crippen molar-refractivity contribution in [3.05, 3.63) is 0 Å². The molecule has 0 N–H and O–H groups in total. The number of ketones is 2. The molecule has 1 heterocycles. The molecular formula is C12H20N2O2Si. The van der Waals surface area contributed by atoms with E-state index in [0.717, 1.165) is 19.4 Å². The van der Waals surface area contributed by atoms with E-state index in [2.05, 4.69) is 22.9 Å². The van der Waals surface area contributed by atoms with Crippen LogP contribution >= 0.6 is 0 Å². The predicted molar refractivity (Wildman–Crippen MR) is 69.5 cm³/mol. The average Bonchev–Trinajstić information content (AvgIpc) is 2.27. The summed E-state index contributed by atoms with van der Waals surface area (Å²) in [6.45, 7) is 5.51. The third-order valence-corrected chi connectivity index (χ3v) is 6.98. The molecule has 0 unspecified atom stereocenters. The molecular weight excluding hydrogens is 232 g/mol. The van der Waals surface area contributed by atoms with Gasteiger partial charge in [-0.1, -0.05) is 19.5 Å². The lowest BCUT2D eigenvalue weighted by atomic mass is 9.96. The first-order chi connectivity index (χ1) is 8.00. The Morgan fingerprint density at radius 1 is 1.12 bits per heavy atom. The molecule has 4 nitrogen and oxygen atoms in total. The molecule has 0 aromatic rings. The van der Waals surface area contributed by atoms with Crippen LogP contribution in [0.25, 0.3) is 0 Å². The fourth-order valence-corrected chi connectivity index (χ4v) is 5.01. The molecule has 2 rings (SSSR count). The van der Waals surface area contributed by atoms with Crippen LogP contribution in [0.5, 0.6) is 0 Å². The Balaban J connectivity index is 2.17. The van der Waals surface area contributed by atoms with Gasteiger partial charge in [0.05, 0.1) is 0 Å². The second-order valence-corrected chi connectivity index (χ2v) is 10.2. The van der Waals surface area contributed by atoms with Gasteiger partial charge in [0.25, 0.3) is 0 Å². The van der Waals surface area contributed by atoms with Crippen molar-refractivity contribution in [1.29, 1.82) is 0 Å². The highest BCUT2D eigenvalue weighted by Crippen LogP contribution is 2.25. The van der Waals surface area contributed by atoms with Gasteiger partial charge in [0.15, 0.2) is 8.24 Å². The summed E-state index contributed by atoms with van der Waals surface area (Å²) in [6.07, 6.45) is 4.27. The minimum absolute atomic E-state index is 0.258. The smallest absolute Gasteiger partial charge is 0.244 e. The van der Waals surface area contributed by atoms with E-state index in [4.69, 9.17) is 0 Å². The minimum atomic E-state index is -1.47. The Labute approximate surface area is 103 Å². The van der Waals surface area contributed by atoms with Crippen molar-refractivity contribution in [2.45, 2.75) is 51.2 Å². The molecule has 0 radical (unpaired) electrons. The van der Waals surface area contributed by atoms with E-state index in [0.29, 0.717) is 18.6 Å². The summed E-state index contributed by atoms with van der Waals surface area (Å²) < 4.78 is 2.14. The van der Waals surface area contributed by atoms with Crippen molar-refractivity contribution in [2.75, 3.05) is 6.54 Å². The van der Waals surface area contributed by atoms with Gasteiger partial charge < -0.3 is 4.67 Å². The lowest BCUT2D eigenvalue weighted by Gasteiger charge is -2.39. The summed E-state index contributed by atoms with van der Waals surface area (Å²) in [7, 11) is -1.47. The van der Waals surface area contributed by atoms with Gasteiger partial charge in [0, 0.05) is 13.0 Å². The number of hydrogen-bond donors (Lipinski definition) is 0. The Hall–Kier alpha value is -0.973. The number of hydrazone groups is 1. The van der Waals surface area contributed by atoms with Gasteiger partial charge in [-0.15, -0.1) is 0 Å². The topological polar surface area (TPSA) is 49.7 Å². The zero-order valence-corrected chi connectivity index (χ0v) is 11.7. The Morgan fingerprint density at radius 2 is 1.88 bits per heavy atom. The molecule has 0 aromatic carbocycles. The molecule has 2 aliphatic rings. The monoisotopic (exact) mass is 252 g/mol. The molecule has 94 valence electrons. The van der Waals surface area contributed by atoms with Gasteiger partial charge in [-0.3, -0.25) is 9.59 Å². The first-order valence-corrected chi connectivity index (χ1v) is 9.59. The number of rotatable bonds is 1. The van der Waals surface area contributed by atoms with E-state index in [1.165, 1.54) is 12.5 Å². The van der Waals surface area contributed by atoms with E-state index in [-0.39, 0.29) is 11.6 Å². The summed E-state index contributed by atoms with van der Waals surface area (Å²) >= 11 is 0. The molecule has 1 saturated heterocycles. The van der Waals surface area contributed by atoms with E-state index in [9.17, 15) is 9.59 Å². The van der Waals surface area contributed by atoms with Crippen molar-refractivity contribution in [3.63, 3.8) is 0 Å². The SMILES string of the molecule is C[Si]1(C)CCCCN1N=C1CCCC(=O)C1=O. The molecule has 1 aliphatic carbocycles. The highest BCUT2D eigenvalue weighted by molar-refractivity contribution is 6.75. The van der Waals surface area contributed by atoms with Crippen molar-refractivity contribution in [1.82, 2.24) is 4.67 Å². The van der Waals surface area contributed by atoms with Crippen LogP contribution in [0.2, 0.25) is 19.1 Å². The largest absolute Gasteiger partial charge is 0.324 e. The zero-order chi connectivity index (χ0) is 12.5. The van der Waals surface area contributed by atoms with E-state index in [1.54, 1.807) is 0 Å². The first kappa shape index (κ1) is 12.5. The fourth-order valence-electron chi connectivity index (χ4n) is 2.48. The van der Waals surface area contributed by atoms with Gasteiger partial charge in [0.1, 0.15) is 5.71 Å². The number of Topliss-reactive ketones (excluding diaryl/α,β-unsaturated/α-hetero) is 2. The Kier molecular flexibility index (Phi) is 3.47. The summed E-state index contributed by atoms with van der Waals surface area (Å²) in [6, 6.07) is 1.23. The maximum absolute atomic E-state index is 11.7. The molecule has 0 atom stereocenters. The van der Waals surface area contributed by atoms with Crippen LogP contribution in [0.3, 0.4) is 0 Å². The molecule has 17 heavy (non-hydrogen) atoms. The average molecular weight is 252 g/mol. The van der Waals surface area contributed by atoms with Gasteiger partial charge in [0.2, 0.25) is 11.6 Å². The molecule has 5 heteroatoms. The van der Waals surface area contributed by atoms with Crippen LogP contribution in [0, 0.1) is 0 Å². The Morgan fingerprint density at radius 3 is 2.59 bits per heavy atom. The van der Waals surface area contributed by atoms with Crippen molar-refractivity contribution < 1.29 is 9.59 Å². The molecule has 0 amide bonds. The van der Waals surface area contributed by atoms with Gasteiger partial charge in [-0.05, 0) is 25.3 Å². The fraction of sp³-hybridized carbons (Fsp3) is 0.750. The second-order valence-electron chi connectivity index (χ2n) is 5.55. The Bertz CT molecular complexity index is 377. The molecule has 0 spiro atoms. The van der Waals surface area contributed by atoms with Crippen LogP contribution in [-0.4, -0.2) is 36.7 Å². The van der Waals surface area contributed by atoms with Crippen molar-refractivity contribution >= 4 is 25.5 Å². The van der Waals surface area contributed by atoms with E-state index >= 15 is 0 Å². The standard InChI is InChI=1S/C12H20N2O2Si/c1-17(2)9-4-3-8-14(17)13-10-6-5-7-11(15)12(10)16/h3-9H2,1-2H3. The number of carbonyl (C=O) groups excluding carboxylic acids is 2. The van der Waals surface area contributed by atoms with Crippen LogP contribution in [-0.2, 0) is 9.59 Å². The molecule has 1 aliphatic heterocycles. The highest BCUT2D eigenvalue weighted by atomic mass is 28.3. The molecule has 2 fully saturated rings. The summed E-state index contributed by atoms with van der Waals surface area (Å²) in [4.78, 5) is 23.1. The maximum Gasteiger partial charge on any atom is 0.244 e. The van der Waals surface area contributed by atoms with Crippen LogP contribution < -0.4 is 0 Å². The number of hydrogen-bond acceptors (Lipinski definition) is 4. The third kappa shape index (κ3) is 2.65. The zero-order valence-electron chi connectivity index (χ0n) is 10.7. The van der Waals surface area contributed by atoms with Gasteiger partial charge >= 0.3 is 0 Å². The lowest BCUT2D eigenvalue weighted by molar-refractivity contribution is -0.133. The number of nitrogens with zero attached hydrogens (tertiary/aromatic N) is 2. The van der Waals surface area contributed by atoms with Crippen molar-refractivity contribution in [2.24, 2.45) is 5.10 Å². The van der Waals surface area contributed by atoms with Crippen LogP contribution in [0.4, 0.5) is 0 Å². The predicted octanol–water partition coefficient (Wildman–Crippen LogP) is 1.97. The lowest BCUT2D eigenvalue weighted by Crippen LogP contribution is -2.49. The quantitative estimate of drug-likeness (QED) is 0.529. The summed E-state index contributed by atoms with van der Waals surface area (Å²) in [5.41, 5.74) is 0.503. The van der Waals surface area contributed by atoms with Gasteiger partial charge in [-0.25, -0.2) is 0 Å². The normalized spacial score (nSPS) is 27.6. The maximum atomic E-state index is 11.7. The highest BCUT2D eigenvalue weighted by Gasteiger charge is 2.33. The molecule has 0 aromatic heterocycles. The summed E-state index contributed by atoms with van der Waals surface area (Å²) in [5, 5.41) is 4.52. The van der Waals surface area contributed by atoms with Crippen molar-refractivity contribution in [3.8, 4) is 0 Å². The second kappa shape index (κ2) is 4.72. The molecule has 0 bridgehead atoms. The number of carbonyl (C=O) groups is 2. The van der Waals surface area contributed by atoms with Gasteiger partial charge in [-0.2, -0.15) is 5.10 Å². The summed E-state index contributed by atoms with van der Waals surface area (Å²) in [5.74, 6) is -0.599. The van der Waals surface area contributed by atoms with Crippen LogP contribution in [0.15, 0.2) is 5.10 Å². The minimum Gasteiger partial charge on any atom is -0.324 e. The third-order valence-electron chi connectivity index (χ3n) is 3.68. The first-order valence-electron chi connectivity index (χ1n) is 6.43. The van der Waals surface area contributed by atoms with Crippen LogP contribution in [0.1, 0.15) is 32.1 Å².